The number of H-pyrrole nitrogens is 1. The molecule has 2 aromatic carbocycles. The number of hydrogen-bond acceptors (Lipinski definition) is 4. The summed E-state index contributed by atoms with van der Waals surface area (Å²) in [5.74, 6) is 1.19. The van der Waals surface area contributed by atoms with E-state index < -0.39 is 0 Å². The van der Waals surface area contributed by atoms with E-state index in [0.29, 0.717) is 23.2 Å². The van der Waals surface area contributed by atoms with Crippen molar-refractivity contribution in [2.75, 3.05) is 11.4 Å². The van der Waals surface area contributed by atoms with E-state index in [9.17, 15) is 4.79 Å². The number of para-hydroxylation sites is 1. The number of fused-ring (bicyclic) bond motifs is 3. The number of nitrogens with one attached hydrogen (secondary N) is 1. The summed E-state index contributed by atoms with van der Waals surface area (Å²) in [4.78, 5) is 29.2. The number of rotatable bonds is 3. The fraction of sp³-hybridized carbons (Fsp3) is 0.182. The number of nitrogens with zero attached hydrogens (tertiary/aromatic N) is 4. The molecule has 6 nitrogen and oxygen atoms in total. The summed E-state index contributed by atoms with van der Waals surface area (Å²) in [5.41, 5.74) is 2.57. The van der Waals surface area contributed by atoms with Crippen molar-refractivity contribution in [3.63, 3.8) is 0 Å². The lowest BCUT2D eigenvalue weighted by molar-refractivity contribution is 0.198. The van der Waals surface area contributed by atoms with Gasteiger partial charge in [-0.25, -0.2) is 19.7 Å². The van der Waals surface area contributed by atoms with Gasteiger partial charge < -0.3 is 9.88 Å². The zero-order chi connectivity index (χ0) is 20.7. The van der Waals surface area contributed by atoms with E-state index in [1.54, 1.807) is 11.1 Å². The zero-order valence-electron chi connectivity index (χ0n) is 16.0. The molecule has 30 heavy (non-hydrogen) atoms. The number of aliphatic imine (C=N–C) groups is 1. The minimum absolute atomic E-state index is 0.0656. The van der Waals surface area contributed by atoms with Gasteiger partial charge in [-0.3, -0.25) is 0 Å². The highest BCUT2D eigenvalue weighted by Crippen LogP contribution is 2.47. The molecule has 8 heteroatoms. The van der Waals surface area contributed by atoms with E-state index in [4.69, 9.17) is 28.8 Å². The quantitative estimate of drug-likeness (QED) is 0.408. The Morgan fingerprint density at radius 2 is 1.93 bits per heavy atom. The number of urea groups is 1. The van der Waals surface area contributed by atoms with Crippen molar-refractivity contribution < 1.29 is 4.79 Å². The molecule has 1 atom stereocenters. The maximum absolute atomic E-state index is 13.3. The second-order valence-corrected chi connectivity index (χ2v) is 8.07. The van der Waals surface area contributed by atoms with E-state index in [0.717, 1.165) is 29.7 Å². The van der Waals surface area contributed by atoms with Crippen molar-refractivity contribution in [3.8, 4) is 0 Å². The lowest BCUT2D eigenvalue weighted by atomic mass is 10.0. The standard InChI is InChI=1S/C22H18ClN5OS/c23-15-10-8-14(9-11-15)13-24-19-18-17-7-4-12-27(17)22(29)28(16-5-2-1-3-6-16)20(18)26-21(30)25-19/h1-3,5-6,8-11,13,17H,4,7,12H2,(H,25,26,30)/b24-13+. The van der Waals surface area contributed by atoms with Gasteiger partial charge >= 0.3 is 6.03 Å². The Bertz CT molecular complexity index is 1190. The molecule has 1 aromatic heterocycles. The molecule has 2 aliphatic heterocycles. The summed E-state index contributed by atoms with van der Waals surface area (Å²) in [6.07, 6.45) is 3.57. The number of hydrogen-bond donors (Lipinski definition) is 1. The maximum Gasteiger partial charge on any atom is 0.330 e. The minimum Gasteiger partial charge on any atom is -0.317 e. The van der Waals surface area contributed by atoms with Crippen LogP contribution in [-0.2, 0) is 0 Å². The van der Waals surface area contributed by atoms with Gasteiger partial charge in [-0.2, -0.15) is 0 Å². The van der Waals surface area contributed by atoms with E-state index in [1.807, 2.05) is 59.5 Å². The fourth-order valence-electron chi connectivity index (χ4n) is 4.05. The van der Waals surface area contributed by atoms with Crippen molar-refractivity contribution in [3.05, 3.63) is 75.5 Å². The predicted molar refractivity (Wildman–Crippen MR) is 121 cm³/mol. The van der Waals surface area contributed by atoms with E-state index in [-0.39, 0.29) is 16.8 Å². The van der Waals surface area contributed by atoms with Crippen molar-refractivity contribution in [2.24, 2.45) is 4.99 Å². The van der Waals surface area contributed by atoms with Crippen LogP contribution in [0.1, 0.15) is 30.0 Å². The number of carbonyl (C=O) groups excluding carboxylic acids is 1. The normalized spacial score (nSPS) is 18.0. The third-order valence-corrected chi connectivity index (χ3v) is 5.84. The highest BCUT2D eigenvalue weighted by atomic mass is 35.5. The predicted octanol–water partition coefficient (Wildman–Crippen LogP) is 5.95. The molecule has 0 radical (unpaired) electrons. The molecule has 1 fully saturated rings. The molecule has 1 saturated heterocycles. The van der Waals surface area contributed by atoms with Crippen LogP contribution in [0.3, 0.4) is 0 Å². The molecule has 1 unspecified atom stereocenters. The van der Waals surface area contributed by atoms with Gasteiger partial charge in [0.2, 0.25) is 0 Å². The highest BCUT2D eigenvalue weighted by molar-refractivity contribution is 7.71. The number of anilines is 2. The second kappa shape index (κ2) is 7.66. The zero-order valence-corrected chi connectivity index (χ0v) is 17.5. The molecule has 1 N–H and O–H groups in total. The average Bonchev–Trinajstić information content (AvgIpc) is 3.24. The molecule has 0 spiro atoms. The smallest absolute Gasteiger partial charge is 0.317 e. The Labute approximate surface area is 183 Å². The first-order valence-corrected chi connectivity index (χ1v) is 10.5. The number of aromatic amines is 1. The Morgan fingerprint density at radius 3 is 2.70 bits per heavy atom. The third kappa shape index (κ3) is 3.30. The Hall–Kier alpha value is -3.03. The van der Waals surface area contributed by atoms with Crippen LogP contribution < -0.4 is 4.90 Å². The molecule has 5 rings (SSSR count). The summed E-state index contributed by atoms with van der Waals surface area (Å²) >= 11 is 11.4. The first kappa shape index (κ1) is 19.0. The molecule has 2 amide bonds. The van der Waals surface area contributed by atoms with Gasteiger partial charge in [-0.1, -0.05) is 41.9 Å². The van der Waals surface area contributed by atoms with Crippen LogP contribution in [-0.4, -0.2) is 33.7 Å². The average molecular weight is 436 g/mol. The Morgan fingerprint density at radius 1 is 1.17 bits per heavy atom. The van der Waals surface area contributed by atoms with E-state index >= 15 is 0 Å². The summed E-state index contributed by atoms with van der Waals surface area (Å²) in [6.45, 7) is 0.711. The SMILES string of the molecule is O=C1N(c2ccccc2)c2nc(=S)[nH]c(/N=C/c3ccc(Cl)cc3)c2C2CCCN12. The van der Waals surface area contributed by atoms with Crippen LogP contribution >= 0.6 is 23.8 Å². The lowest BCUT2D eigenvalue weighted by Crippen LogP contribution is -2.45. The largest absolute Gasteiger partial charge is 0.330 e. The van der Waals surface area contributed by atoms with Gasteiger partial charge in [0, 0.05) is 17.8 Å². The van der Waals surface area contributed by atoms with Crippen molar-refractivity contribution in [1.29, 1.82) is 0 Å². The summed E-state index contributed by atoms with van der Waals surface area (Å²) < 4.78 is 0.289. The summed E-state index contributed by atoms with van der Waals surface area (Å²) in [7, 11) is 0. The molecule has 0 aliphatic carbocycles. The number of carbonyl (C=O) groups is 1. The van der Waals surface area contributed by atoms with Crippen LogP contribution in [0.2, 0.25) is 5.02 Å². The van der Waals surface area contributed by atoms with Crippen molar-refractivity contribution >= 4 is 53.4 Å². The summed E-state index contributed by atoms with van der Waals surface area (Å²) in [5, 5.41) is 0.673. The second-order valence-electron chi connectivity index (χ2n) is 7.24. The lowest BCUT2D eigenvalue weighted by Gasteiger charge is -2.38. The number of amides is 2. The topological polar surface area (TPSA) is 64.6 Å². The third-order valence-electron chi connectivity index (χ3n) is 5.39. The molecular formula is C22H18ClN5OS. The molecular weight excluding hydrogens is 418 g/mol. The van der Waals surface area contributed by atoms with Crippen molar-refractivity contribution in [2.45, 2.75) is 18.9 Å². The Balaban J connectivity index is 1.67. The molecule has 3 aromatic rings. The Kier molecular flexibility index (Phi) is 4.84. The van der Waals surface area contributed by atoms with Gasteiger partial charge in [0.15, 0.2) is 10.6 Å². The van der Waals surface area contributed by atoms with E-state index in [1.165, 1.54) is 0 Å². The fourth-order valence-corrected chi connectivity index (χ4v) is 4.36. The first-order chi connectivity index (χ1) is 14.6. The van der Waals surface area contributed by atoms with Gasteiger partial charge in [0.1, 0.15) is 5.82 Å². The van der Waals surface area contributed by atoms with Gasteiger partial charge in [-0.15, -0.1) is 0 Å². The van der Waals surface area contributed by atoms with Crippen LogP contribution in [0.5, 0.6) is 0 Å². The van der Waals surface area contributed by atoms with Crippen LogP contribution in [0.15, 0.2) is 59.6 Å². The monoisotopic (exact) mass is 435 g/mol. The number of aromatic nitrogens is 2. The van der Waals surface area contributed by atoms with Crippen molar-refractivity contribution in [1.82, 2.24) is 14.9 Å². The first-order valence-electron chi connectivity index (χ1n) is 9.71. The number of halogens is 1. The van der Waals surface area contributed by atoms with Crippen LogP contribution in [0, 0.1) is 4.77 Å². The highest BCUT2D eigenvalue weighted by Gasteiger charge is 2.43. The molecule has 0 bridgehead atoms. The molecule has 150 valence electrons. The van der Waals surface area contributed by atoms with Gasteiger partial charge in [-0.05, 0) is 54.9 Å². The van der Waals surface area contributed by atoms with Gasteiger partial charge in [0.05, 0.1) is 17.3 Å². The van der Waals surface area contributed by atoms with Crippen LogP contribution in [0.25, 0.3) is 0 Å². The molecule has 0 saturated carbocycles. The maximum atomic E-state index is 13.3. The van der Waals surface area contributed by atoms with E-state index in [2.05, 4.69) is 9.97 Å². The molecule has 3 heterocycles. The molecule has 2 aliphatic rings. The minimum atomic E-state index is -0.0723. The summed E-state index contributed by atoms with van der Waals surface area (Å²) in [6, 6.07) is 16.8. The van der Waals surface area contributed by atoms with Crippen LogP contribution in [0.4, 0.5) is 22.1 Å². The number of benzene rings is 2. The van der Waals surface area contributed by atoms with Gasteiger partial charge in [0.25, 0.3) is 0 Å².